The Morgan fingerprint density at radius 1 is 1.31 bits per heavy atom. The minimum Gasteiger partial charge on any atom is -0.350 e. The van der Waals surface area contributed by atoms with Crippen molar-refractivity contribution in [1.29, 1.82) is 0 Å². The molecule has 0 saturated heterocycles. The molecule has 0 atom stereocenters. The molecule has 0 aliphatic carbocycles. The molecule has 0 saturated carbocycles. The van der Waals surface area contributed by atoms with Gasteiger partial charge in [-0.15, -0.1) is 0 Å². The molecule has 0 spiro atoms. The number of carbonyl (C=O) groups excluding carboxylic acids is 1. The zero-order chi connectivity index (χ0) is 11.1. The van der Waals surface area contributed by atoms with E-state index in [4.69, 9.17) is 0 Å². The monoisotopic (exact) mass is 210 g/mol. The van der Waals surface area contributed by atoms with Gasteiger partial charge in [0.05, 0.1) is 16.7 Å². The van der Waals surface area contributed by atoms with Crippen molar-refractivity contribution in [2.24, 2.45) is 0 Å². The Morgan fingerprint density at radius 2 is 2.19 bits per heavy atom. The summed E-state index contributed by atoms with van der Waals surface area (Å²) in [5.41, 5.74) is 3.47. The van der Waals surface area contributed by atoms with Crippen molar-refractivity contribution in [2.45, 2.75) is 6.92 Å². The van der Waals surface area contributed by atoms with Crippen molar-refractivity contribution in [3.63, 3.8) is 0 Å². The maximum Gasteiger partial charge on any atom is 0.166 e. The van der Waals surface area contributed by atoms with E-state index in [0.717, 1.165) is 33.7 Å². The minimum atomic E-state index is 0.633. The SMILES string of the molecule is Cc1c(C=O)[nH]c2c1ccc1cccnc12. The van der Waals surface area contributed by atoms with E-state index < -0.39 is 0 Å². The molecule has 0 aliphatic heterocycles. The Labute approximate surface area is 92.1 Å². The number of pyridine rings is 1. The summed E-state index contributed by atoms with van der Waals surface area (Å²) in [4.78, 5) is 18.4. The molecule has 1 N–H and O–H groups in total. The van der Waals surface area contributed by atoms with Crippen molar-refractivity contribution in [3.05, 3.63) is 41.7 Å². The highest BCUT2D eigenvalue weighted by molar-refractivity contribution is 6.06. The van der Waals surface area contributed by atoms with Gasteiger partial charge in [0.15, 0.2) is 6.29 Å². The van der Waals surface area contributed by atoms with Gasteiger partial charge >= 0.3 is 0 Å². The normalized spacial score (nSPS) is 11.1. The molecule has 0 aliphatic rings. The van der Waals surface area contributed by atoms with Crippen molar-refractivity contribution in [2.75, 3.05) is 0 Å². The van der Waals surface area contributed by atoms with Gasteiger partial charge < -0.3 is 4.98 Å². The average Bonchev–Trinajstić information content (AvgIpc) is 2.67. The summed E-state index contributed by atoms with van der Waals surface area (Å²) in [5.74, 6) is 0. The van der Waals surface area contributed by atoms with Gasteiger partial charge in [0.25, 0.3) is 0 Å². The second-order valence-corrected chi connectivity index (χ2v) is 3.84. The van der Waals surface area contributed by atoms with Crippen LogP contribution in [0.25, 0.3) is 21.8 Å². The summed E-state index contributed by atoms with van der Waals surface area (Å²) >= 11 is 0. The number of benzene rings is 1. The number of hydrogen-bond acceptors (Lipinski definition) is 2. The molecule has 0 bridgehead atoms. The third kappa shape index (κ3) is 1.08. The van der Waals surface area contributed by atoms with Crippen molar-refractivity contribution in [3.8, 4) is 0 Å². The second kappa shape index (κ2) is 3.17. The van der Waals surface area contributed by atoms with Gasteiger partial charge in [-0.3, -0.25) is 9.78 Å². The number of carbonyl (C=O) groups is 1. The number of aromatic nitrogens is 2. The maximum absolute atomic E-state index is 10.9. The van der Waals surface area contributed by atoms with Gasteiger partial charge in [0.2, 0.25) is 0 Å². The van der Waals surface area contributed by atoms with Crippen molar-refractivity contribution >= 4 is 28.1 Å². The average molecular weight is 210 g/mol. The van der Waals surface area contributed by atoms with Gasteiger partial charge in [-0.25, -0.2) is 0 Å². The Kier molecular flexibility index (Phi) is 1.80. The van der Waals surface area contributed by atoms with E-state index in [1.54, 1.807) is 6.20 Å². The lowest BCUT2D eigenvalue weighted by Crippen LogP contribution is -1.81. The zero-order valence-corrected chi connectivity index (χ0v) is 8.82. The number of nitrogens with one attached hydrogen (secondary N) is 1. The van der Waals surface area contributed by atoms with Crippen molar-refractivity contribution < 1.29 is 4.79 Å². The first kappa shape index (κ1) is 9.09. The van der Waals surface area contributed by atoms with Crippen LogP contribution in [0.5, 0.6) is 0 Å². The molecule has 0 amide bonds. The Balaban J connectivity index is 2.56. The topological polar surface area (TPSA) is 45.8 Å². The predicted octanol–water partition coefficient (Wildman–Crippen LogP) is 2.84. The molecule has 0 fully saturated rings. The fourth-order valence-corrected chi connectivity index (χ4v) is 2.08. The lowest BCUT2D eigenvalue weighted by Gasteiger charge is -1.97. The fourth-order valence-electron chi connectivity index (χ4n) is 2.08. The van der Waals surface area contributed by atoms with Crippen LogP contribution in [0.2, 0.25) is 0 Å². The number of H-pyrrole nitrogens is 1. The van der Waals surface area contributed by atoms with Crippen LogP contribution in [0.3, 0.4) is 0 Å². The number of aromatic amines is 1. The molecule has 3 heteroatoms. The third-order valence-electron chi connectivity index (χ3n) is 2.96. The number of rotatable bonds is 1. The molecule has 3 aromatic rings. The van der Waals surface area contributed by atoms with Gasteiger partial charge in [0, 0.05) is 17.0 Å². The quantitative estimate of drug-likeness (QED) is 0.628. The van der Waals surface area contributed by atoms with E-state index in [-0.39, 0.29) is 0 Å². The van der Waals surface area contributed by atoms with Gasteiger partial charge in [-0.2, -0.15) is 0 Å². The van der Waals surface area contributed by atoms with Crippen LogP contribution < -0.4 is 0 Å². The highest BCUT2D eigenvalue weighted by Gasteiger charge is 2.09. The molecule has 1 aromatic carbocycles. The Bertz CT molecular complexity index is 698. The minimum absolute atomic E-state index is 0.633. The van der Waals surface area contributed by atoms with Crippen LogP contribution in [-0.2, 0) is 0 Å². The van der Waals surface area contributed by atoms with E-state index in [1.165, 1.54) is 0 Å². The van der Waals surface area contributed by atoms with E-state index in [9.17, 15) is 4.79 Å². The number of hydrogen-bond donors (Lipinski definition) is 1. The molecule has 0 unspecified atom stereocenters. The predicted molar refractivity (Wildman–Crippen MR) is 63.7 cm³/mol. The number of aryl methyl sites for hydroxylation is 1. The van der Waals surface area contributed by atoms with Gasteiger partial charge in [-0.05, 0) is 18.6 Å². The molecular weight excluding hydrogens is 200 g/mol. The molecule has 16 heavy (non-hydrogen) atoms. The van der Waals surface area contributed by atoms with E-state index in [1.807, 2.05) is 31.2 Å². The Morgan fingerprint density at radius 3 is 3.00 bits per heavy atom. The van der Waals surface area contributed by atoms with E-state index in [0.29, 0.717) is 5.69 Å². The maximum atomic E-state index is 10.9. The Hall–Kier alpha value is -2.16. The van der Waals surface area contributed by atoms with Gasteiger partial charge in [-0.1, -0.05) is 18.2 Å². The highest BCUT2D eigenvalue weighted by Crippen LogP contribution is 2.26. The number of fused-ring (bicyclic) bond motifs is 3. The second-order valence-electron chi connectivity index (χ2n) is 3.84. The molecule has 0 radical (unpaired) electrons. The largest absolute Gasteiger partial charge is 0.350 e. The summed E-state index contributed by atoms with van der Waals surface area (Å²) < 4.78 is 0. The number of aldehydes is 1. The standard InChI is InChI=1S/C13H10N2O/c1-8-10-5-4-9-3-2-6-14-12(9)13(10)15-11(8)7-16/h2-7,15H,1H3. The number of nitrogens with zero attached hydrogens (tertiary/aromatic N) is 1. The van der Waals surface area contributed by atoms with Crippen molar-refractivity contribution in [1.82, 2.24) is 9.97 Å². The summed E-state index contributed by atoms with van der Waals surface area (Å²) in [6.45, 7) is 1.94. The van der Waals surface area contributed by atoms with Crippen LogP contribution >= 0.6 is 0 Å². The first-order valence-corrected chi connectivity index (χ1v) is 5.12. The van der Waals surface area contributed by atoms with Crippen LogP contribution in [0.1, 0.15) is 16.1 Å². The summed E-state index contributed by atoms with van der Waals surface area (Å²) in [6.07, 6.45) is 2.61. The fraction of sp³-hybridized carbons (Fsp3) is 0.0769. The lowest BCUT2D eigenvalue weighted by molar-refractivity contribution is 0.111. The van der Waals surface area contributed by atoms with Crippen LogP contribution in [0.4, 0.5) is 0 Å². The molecule has 3 nitrogen and oxygen atoms in total. The molecular formula is C13H10N2O. The summed E-state index contributed by atoms with van der Waals surface area (Å²) in [7, 11) is 0. The molecule has 2 heterocycles. The smallest absolute Gasteiger partial charge is 0.166 e. The lowest BCUT2D eigenvalue weighted by atomic mass is 10.1. The van der Waals surface area contributed by atoms with Crippen LogP contribution in [-0.4, -0.2) is 16.3 Å². The summed E-state index contributed by atoms with van der Waals surface area (Å²) in [6, 6.07) is 7.97. The molecule has 78 valence electrons. The van der Waals surface area contributed by atoms with Crippen LogP contribution in [0.15, 0.2) is 30.5 Å². The van der Waals surface area contributed by atoms with E-state index in [2.05, 4.69) is 9.97 Å². The molecule has 3 rings (SSSR count). The van der Waals surface area contributed by atoms with E-state index >= 15 is 0 Å². The molecule has 2 aromatic heterocycles. The zero-order valence-electron chi connectivity index (χ0n) is 8.82. The third-order valence-corrected chi connectivity index (χ3v) is 2.96. The first-order chi connectivity index (χ1) is 7.81. The highest BCUT2D eigenvalue weighted by atomic mass is 16.1. The van der Waals surface area contributed by atoms with Crippen LogP contribution in [0, 0.1) is 6.92 Å². The van der Waals surface area contributed by atoms with Gasteiger partial charge in [0.1, 0.15) is 0 Å². The first-order valence-electron chi connectivity index (χ1n) is 5.12. The summed E-state index contributed by atoms with van der Waals surface area (Å²) in [5, 5.41) is 2.14.